The van der Waals surface area contributed by atoms with E-state index in [1.54, 1.807) is 24.3 Å². The lowest BCUT2D eigenvalue weighted by Crippen LogP contribution is -2.20. The highest BCUT2D eigenvalue weighted by Crippen LogP contribution is 2.20. The Balaban J connectivity index is 1.64. The molecule has 11 heteroatoms. The molecule has 0 unspecified atom stereocenters. The molecule has 0 fully saturated rings. The Hall–Kier alpha value is -3.99. The highest BCUT2D eigenvalue weighted by atomic mass is 32.2. The number of halogens is 2. The van der Waals surface area contributed by atoms with Crippen molar-refractivity contribution < 1.29 is 31.5 Å². The number of anilines is 1. The van der Waals surface area contributed by atoms with Crippen LogP contribution in [0.2, 0.25) is 0 Å². The summed E-state index contributed by atoms with van der Waals surface area (Å²) in [6, 6.07) is 17.8. The van der Waals surface area contributed by atoms with Crippen molar-refractivity contribution in [1.82, 2.24) is 5.43 Å². The van der Waals surface area contributed by atoms with Crippen LogP contribution >= 0.6 is 0 Å². The molecule has 2 N–H and O–H groups in total. The molecule has 0 bridgehead atoms. The van der Waals surface area contributed by atoms with Crippen molar-refractivity contribution in [3.05, 3.63) is 83.9 Å². The van der Waals surface area contributed by atoms with Gasteiger partial charge in [-0.2, -0.15) is 13.9 Å². The fourth-order valence-corrected chi connectivity index (χ4v) is 4.20. The smallest absolute Gasteiger partial charge is 0.387 e. The van der Waals surface area contributed by atoms with Gasteiger partial charge in [-0.05, 0) is 91.7 Å². The van der Waals surface area contributed by atoms with Gasteiger partial charge in [0.05, 0.1) is 17.2 Å². The minimum absolute atomic E-state index is 0.0199. The third-order valence-corrected chi connectivity index (χ3v) is 6.28. The first-order valence-electron chi connectivity index (χ1n) is 11.0. The van der Waals surface area contributed by atoms with E-state index in [4.69, 9.17) is 4.74 Å². The first kappa shape index (κ1) is 26.6. The van der Waals surface area contributed by atoms with E-state index in [1.807, 2.05) is 13.8 Å². The van der Waals surface area contributed by atoms with Gasteiger partial charge in [-0.1, -0.05) is 6.92 Å². The molecule has 8 nitrogen and oxygen atoms in total. The standard InChI is InChI=1S/C25H25F2N3O5S/c1-3-23(17-7-11-21(12-8-17)35-25(26)27)28-29-24(31)18-5-9-19(10-6-18)30-36(32,33)22-15-13-20(14-16-22)34-4-2/h5-16,25,30H,3-4H2,1-2H3,(H,29,31)/b28-23-. The average Bonchev–Trinajstić information content (AvgIpc) is 2.85. The summed E-state index contributed by atoms with van der Waals surface area (Å²) in [5, 5.41) is 4.13. The van der Waals surface area contributed by atoms with E-state index in [9.17, 15) is 22.0 Å². The number of hydrazone groups is 1. The van der Waals surface area contributed by atoms with Crippen LogP contribution in [0.25, 0.3) is 0 Å². The Morgan fingerprint density at radius 1 is 0.889 bits per heavy atom. The molecule has 0 heterocycles. The Kier molecular flexibility index (Phi) is 8.96. The van der Waals surface area contributed by atoms with Gasteiger partial charge in [-0.15, -0.1) is 0 Å². The van der Waals surface area contributed by atoms with Crippen molar-refractivity contribution in [3.8, 4) is 11.5 Å². The summed E-state index contributed by atoms with van der Waals surface area (Å²) in [5.41, 5.74) is 4.17. The summed E-state index contributed by atoms with van der Waals surface area (Å²) in [6.45, 7) is 1.23. The molecule has 3 aromatic rings. The van der Waals surface area contributed by atoms with Gasteiger partial charge < -0.3 is 9.47 Å². The van der Waals surface area contributed by atoms with Gasteiger partial charge in [0, 0.05) is 11.3 Å². The lowest BCUT2D eigenvalue weighted by atomic mass is 10.1. The second-order valence-corrected chi connectivity index (χ2v) is 9.03. The van der Waals surface area contributed by atoms with Crippen LogP contribution in [-0.2, 0) is 10.0 Å². The van der Waals surface area contributed by atoms with E-state index in [-0.39, 0.29) is 21.9 Å². The number of nitrogens with one attached hydrogen (secondary N) is 2. The van der Waals surface area contributed by atoms with Crippen molar-refractivity contribution in [2.75, 3.05) is 11.3 Å². The number of nitrogens with zero attached hydrogens (tertiary/aromatic N) is 1. The first-order chi connectivity index (χ1) is 17.2. The molecule has 0 aromatic heterocycles. The van der Waals surface area contributed by atoms with Crippen LogP contribution in [-0.4, -0.2) is 33.3 Å². The van der Waals surface area contributed by atoms with Gasteiger partial charge in [0.2, 0.25) is 0 Å². The van der Waals surface area contributed by atoms with Gasteiger partial charge in [0.25, 0.3) is 15.9 Å². The van der Waals surface area contributed by atoms with Gasteiger partial charge in [-0.25, -0.2) is 13.8 Å². The highest BCUT2D eigenvalue weighted by molar-refractivity contribution is 7.92. The number of ether oxygens (including phenoxy) is 2. The third-order valence-electron chi connectivity index (χ3n) is 4.88. The van der Waals surface area contributed by atoms with Crippen LogP contribution in [0.1, 0.15) is 36.2 Å². The van der Waals surface area contributed by atoms with E-state index in [2.05, 4.69) is 20.0 Å². The predicted octanol–water partition coefficient (Wildman–Crippen LogP) is 5.03. The number of carbonyl (C=O) groups is 1. The second kappa shape index (κ2) is 12.1. The Morgan fingerprint density at radius 3 is 2.03 bits per heavy atom. The average molecular weight is 518 g/mol. The van der Waals surface area contributed by atoms with Gasteiger partial charge in [0.15, 0.2) is 0 Å². The molecule has 0 aliphatic heterocycles. The normalized spacial score (nSPS) is 11.8. The maximum absolute atomic E-state index is 12.6. The fourth-order valence-electron chi connectivity index (χ4n) is 3.14. The lowest BCUT2D eigenvalue weighted by Gasteiger charge is -2.10. The molecular formula is C25H25F2N3O5S. The van der Waals surface area contributed by atoms with Gasteiger partial charge in [-0.3, -0.25) is 9.52 Å². The first-order valence-corrected chi connectivity index (χ1v) is 12.5. The predicted molar refractivity (Wildman–Crippen MR) is 132 cm³/mol. The molecule has 0 saturated heterocycles. The summed E-state index contributed by atoms with van der Waals surface area (Å²) in [6.07, 6.45) is 0.474. The van der Waals surface area contributed by atoms with Crippen molar-refractivity contribution in [2.24, 2.45) is 5.10 Å². The molecule has 3 aromatic carbocycles. The summed E-state index contributed by atoms with van der Waals surface area (Å²) in [7, 11) is -3.82. The van der Waals surface area contributed by atoms with Crippen molar-refractivity contribution >= 4 is 27.3 Å². The Bertz CT molecular complexity index is 1300. The summed E-state index contributed by atoms with van der Waals surface area (Å²) in [5.74, 6) is 0.0875. The number of sulfonamides is 1. The van der Waals surface area contributed by atoms with E-state index in [1.165, 1.54) is 48.5 Å². The molecule has 0 atom stereocenters. The van der Waals surface area contributed by atoms with Crippen molar-refractivity contribution in [1.29, 1.82) is 0 Å². The Labute approximate surface area is 208 Å². The van der Waals surface area contributed by atoms with Crippen LogP contribution in [0, 0.1) is 0 Å². The van der Waals surface area contributed by atoms with E-state index in [0.29, 0.717) is 30.1 Å². The Morgan fingerprint density at radius 2 is 1.47 bits per heavy atom. The highest BCUT2D eigenvalue weighted by Gasteiger charge is 2.15. The number of amides is 1. The quantitative estimate of drug-likeness (QED) is 0.274. The zero-order valence-corrected chi connectivity index (χ0v) is 20.4. The molecule has 1 amide bonds. The topological polar surface area (TPSA) is 106 Å². The van der Waals surface area contributed by atoms with Crippen molar-refractivity contribution in [2.45, 2.75) is 31.8 Å². The van der Waals surface area contributed by atoms with Gasteiger partial charge in [0.1, 0.15) is 11.5 Å². The van der Waals surface area contributed by atoms with E-state index in [0.717, 1.165) is 0 Å². The van der Waals surface area contributed by atoms with Crippen LogP contribution in [0.4, 0.5) is 14.5 Å². The molecule has 0 radical (unpaired) electrons. The fraction of sp³-hybridized carbons (Fsp3) is 0.200. The van der Waals surface area contributed by atoms with Gasteiger partial charge >= 0.3 is 6.61 Å². The molecule has 0 aliphatic carbocycles. The van der Waals surface area contributed by atoms with Crippen LogP contribution in [0.5, 0.6) is 11.5 Å². The molecule has 0 aliphatic rings. The minimum Gasteiger partial charge on any atom is -0.494 e. The van der Waals surface area contributed by atoms with Crippen LogP contribution < -0.4 is 19.6 Å². The summed E-state index contributed by atoms with van der Waals surface area (Å²) < 4.78 is 62.0. The maximum atomic E-state index is 12.6. The number of hydrogen-bond donors (Lipinski definition) is 2. The van der Waals surface area contributed by atoms with Crippen LogP contribution in [0.3, 0.4) is 0 Å². The minimum atomic E-state index is -3.82. The largest absolute Gasteiger partial charge is 0.494 e. The molecule has 36 heavy (non-hydrogen) atoms. The number of carbonyl (C=O) groups excluding carboxylic acids is 1. The maximum Gasteiger partial charge on any atom is 0.387 e. The number of rotatable bonds is 11. The zero-order chi connectivity index (χ0) is 26.1. The molecule has 0 spiro atoms. The van der Waals surface area contributed by atoms with E-state index < -0.39 is 22.5 Å². The van der Waals surface area contributed by atoms with Crippen molar-refractivity contribution in [3.63, 3.8) is 0 Å². The monoisotopic (exact) mass is 517 g/mol. The molecular weight excluding hydrogens is 492 g/mol. The van der Waals surface area contributed by atoms with E-state index >= 15 is 0 Å². The lowest BCUT2D eigenvalue weighted by molar-refractivity contribution is -0.0498. The number of hydrogen-bond acceptors (Lipinski definition) is 6. The zero-order valence-electron chi connectivity index (χ0n) is 19.6. The SMILES string of the molecule is CCOc1ccc(S(=O)(=O)Nc2ccc(C(=O)N/N=C(/CC)c3ccc(OC(F)F)cc3)cc2)cc1. The molecule has 190 valence electrons. The molecule has 3 rings (SSSR count). The number of alkyl halides is 2. The summed E-state index contributed by atoms with van der Waals surface area (Å²) >= 11 is 0. The van der Waals surface area contributed by atoms with Crippen LogP contribution in [0.15, 0.2) is 82.8 Å². The number of benzene rings is 3. The summed E-state index contributed by atoms with van der Waals surface area (Å²) in [4.78, 5) is 12.6. The third kappa shape index (κ3) is 7.25. The molecule has 0 saturated carbocycles. The second-order valence-electron chi connectivity index (χ2n) is 7.34.